The molecule has 3 nitrogen and oxygen atoms in total. The third-order valence-electron chi connectivity index (χ3n) is 4.41. The number of likely N-dealkylation sites (tertiary alicyclic amines) is 1. The van der Waals surface area contributed by atoms with E-state index in [2.05, 4.69) is 56.1 Å². The standard InChI is InChI=1S/C18H30N2O/c1-6-19-16(12-20-10-9-18(3,4)13-20)15-11-14(2)7-8-17(15)21-5/h7-8,11,16,19H,6,9-10,12-13H2,1-5H3. The van der Waals surface area contributed by atoms with Gasteiger partial charge >= 0.3 is 0 Å². The number of nitrogens with one attached hydrogen (secondary N) is 1. The van der Waals surface area contributed by atoms with Gasteiger partial charge in [-0.3, -0.25) is 0 Å². The third kappa shape index (κ3) is 4.21. The molecule has 0 aliphatic carbocycles. The molecule has 1 aromatic carbocycles. The fourth-order valence-electron chi connectivity index (χ4n) is 3.28. The lowest BCUT2D eigenvalue weighted by Gasteiger charge is -2.27. The van der Waals surface area contributed by atoms with Crippen molar-refractivity contribution in [1.29, 1.82) is 0 Å². The Hall–Kier alpha value is -1.06. The Morgan fingerprint density at radius 2 is 2.14 bits per heavy atom. The fraction of sp³-hybridized carbons (Fsp3) is 0.667. The molecule has 1 fully saturated rings. The maximum atomic E-state index is 5.57. The van der Waals surface area contributed by atoms with Crippen molar-refractivity contribution in [2.75, 3.05) is 33.3 Å². The molecule has 1 N–H and O–H groups in total. The Bertz CT molecular complexity index is 470. The molecule has 0 bridgehead atoms. The summed E-state index contributed by atoms with van der Waals surface area (Å²) >= 11 is 0. The molecule has 1 saturated heterocycles. The van der Waals surface area contributed by atoms with Crippen molar-refractivity contribution < 1.29 is 4.74 Å². The highest BCUT2D eigenvalue weighted by Crippen LogP contribution is 2.32. The van der Waals surface area contributed by atoms with Crippen LogP contribution in [0.25, 0.3) is 0 Å². The zero-order valence-electron chi connectivity index (χ0n) is 14.2. The number of hydrogen-bond donors (Lipinski definition) is 1. The average Bonchev–Trinajstić information content (AvgIpc) is 2.77. The Morgan fingerprint density at radius 1 is 1.38 bits per heavy atom. The maximum Gasteiger partial charge on any atom is 0.123 e. The van der Waals surface area contributed by atoms with E-state index >= 15 is 0 Å². The van der Waals surface area contributed by atoms with E-state index in [1.165, 1.54) is 30.6 Å². The summed E-state index contributed by atoms with van der Waals surface area (Å²) in [5, 5.41) is 3.63. The molecule has 1 atom stereocenters. The summed E-state index contributed by atoms with van der Waals surface area (Å²) in [5.74, 6) is 0.991. The first-order valence-corrected chi connectivity index (χ1v) is 8.05. The van der Waals surface area contributed by atoms with Gasteiger partial charge in [-0.2, -0.15) is 0 Å². The fourth-order valence-corrected chi connectivity index (χ4v) is 3.28. The molecule has 0 spiro atoms. The molecular weight excluding hydrogens is 260 g/mol. The highest BCUT2D eigenvalue weighted by Gasteiger charge is 2.31. The van der Waals surface area contributed by atoms with Crippen LogP contribution in [0.3, 0.4) is 0 Å². The molecule has 0 radical (unpaired) electrons. The number of nitrogens with zero attached hydrogens (tertiary/aromatic N) is 1. The molecule has 1 heterocycles. The first kappa shape index (κ1) is 16.3. The van der Waals surface area contributed by atoms with Gasteiger partial charge in [-0.25, -0.2) is 0 Å². The van der Waals surface area contributed by atoms with Crippen molar-refractivity contribution in [3.05, 3.63) is 29.3 Å². The van der Waals surface area contributed by atoms with Crippen LogP contribution >= 0.6 is 0 Å². The monoisotopic (exact) mass is 290 g/mol. The second-order valence-electron chi connectivity index (χ2n) is 7.00. The van der Waals surface area contributed by atoms with E-state index in [0.29, 0.717) is 11.5 Å². The topological polar surface area (TPSA) is 24.5 Å². The second kappa shape index (κ2) is 6.80. The van der Waals surface area contributed by atoms with Gasteiger partial charge in [0, 0.05) is 24.7 Å². The van der Waals surface area contributed by atoms with Crippen LogP contribution < -0.4 is 10.1 Å². The molecular formula is C18H30N2O. The highest BCUT2D eigenvalue weighted by molar-refractivity contribution is 5.39. The third-order valence-corrected chi connectivity index (χ3v) is 4.41. The Labute approximate surface area is 129 Å². The van der Waals surface area contributed by atoms with Crippen LogP contribution in [-0.2, 0) is 0 Å². The van der Waals surface area contributed by atoms with Gasteiger partial charge in [0.2, 0.25) is 0 Å². The van der Waals surface area contributed by atoms with Crippen molar-refractivity contribution in [2.45, 2.75) is 40.2 Å². The van der Waals surface area contributed by atoms with Gasteiger partial charge in [0.15, 0.2) is 0 Å². The van der Waals surface area contributed by atoms with Crippen molar-refractivity contribution in [2.24, 2.45) is 5.41 Å². The van der Waals surface area contributed by atoms with Crippen molar-refractivity contribution in [3.63, 3.8) is 0 Å². The SMILES string of the molecule is CCNC(CN1CCC(C)(C)C1)c1cc(C)ccc1OC. The largest absolute Gasteiger partial charge is 0.496 e. The predicted molar refractivity (Wildman–Crippen MR) is 89.0 cm³/mol. The summed E-state index contributed by atoms with van der Waals surface area (Å²) in [6.07, 6.45) is 1.29. The van der Waals surface area contributed by atoms with Gasteiger partial charge < -0.3 is 15.0 Å². The first-order chi connectivity index (χ1) is 9.95. The number of benzene rings is 1. The Morgan fingerprint density at radius 3 is 2.71 bits per heavy atom. The molecule has 21 heavy (non-hydrogen) atoms. The van der Waals surface area contributed by atoms with E-state index in [4.69, 9.17) is 4.74 Å². The minimum atomic E-state index is 0.332. The van der Waals surface area contributed by atoms with Gasteiger partial charge in [-0.15, -0.1) is 0 Å². The molecule has 0 amide bonds. The normalized spacial score (nSPS) is 19.7. The number of aryl methyl sites for hydroxylation is 1. The van der Waals surface area contributed by atoms with Crippen LogP contribution in [0.2, 0.25) is 0 Å². The van der Waals surface area contributed by atoms with Gasteiger partial charge in [-0.1, -0.05) is 38.5 Å². The predicted octanol–water partition coefficient (Wildman–Crippen LogP) is 3.39. The summed E-state index contributed by atoms with van der Waals surface area (Å²) in [5.41, 5.74) is 3.02. The van der Waals surface area contributed by atoms with Crippen LogP contribution in [0, 0.1) is 12.3 Å². The highest BCUT2D eigenvalue weighted by atomic mass is 16.5. The van der Waals surface area contributed by atoms with Crippen LogP contribution in [-0.4, -0.2) is 38.2 Å². The van der Waals surface area contributed by atoms with Crippen LogP contribution in [0.4, 0.5) is 0 Å². The number of rotatable bonds is 6. The minimum absolute atomic E-state index is 0.332. The van der Waals surface area contributed by atoms with E-state index in [1.807, 2.05) is 0 Å². The molecule has 0 saturated carbocycles. The molecule has 3 heteroatoms. The smallest absolute Gasteiger partial charge is 0.123 e. The van der Waals surface area contributed by atoms with Crippen molar-refractivity contribution in [3.8, 4) is 5.75 Å². The quantitative estimate of drug-likeness (QED) is 0.869. The van der Waals surface area contributed by atoms with Crippen LogP contribution in [0.5, 0.6) is 5.75 Å². The van der Waals surface area contributed by atoms with E-state index in [-0.39, 0.29) is 0 Å². The number of likely N-dealkylation sites (N-methyl/N-ethyl adjacent to an activating group) is 1. The van der Waals surface area contributed by atoms with Gasteiger partial charge in [0.05, 0.1) is 7.11 Å². The summed E-state index contributed by atoms with van der Waals surface area (Å²) < 4.78 is 5.57. The zero-order valence-corrected chi connectivity index (χ0v) is 14.2. The van der Waals surface area contributed by atoms with Crippen LogP contribution in [0.15, 0.2) is 18.2 Å². The maximum absolute atomic E-state index is 5.57. The molecule has 1 aliphatic heterocycles. The van der Waals surface area contributed by atoms with Crippen molar-refractivity contribution in [1.82, 2.24) is 10.2 Å². The lowest BCUT2D eigenvalue weighted by Crippen LogP contribution is -2.35. The van der Waals surface area contributed by atoms with Gasteiger partial charge in [0.25, 0.3) is 0 Å². The van der Waals surface area contributed by atoms with E-state index in [1.54, 1.807) is 7.11 Å². The molecule has 2 rings (SSSR count). The van der Waals surface area contributed by atoms with Gasteiger partial charge in [0.1, 0.15) is 5.75 Å². The lowest BCUT2D eigenvalue weighted by atomic mass is 9.93. The average molecular weight is 290 g/mol. The molecule has 1 aromatic rings. The summed E-state index contributed by atoms with van der Waals surface area (Å²) in [6.45, 7) is 13.4. The summed E-state index contributed by atoms with van der Waals surface area (Å²) in [4.78, 5) is 2.58. The van der Waals surface area contributed by atoms with Crippen LogP contribution in [0.1, 0.15) is 44.4 Å². The molecule has 118 valence electrons. The number of methoxy groups -OCH3 is 1. The van der Waals surface area contributed by atoms with E-state index in [0.717, 1.165) is 18.8 Å². The molecule has 1 unspecified atom stereocenters. The van der Waals surface area contributed by atoms with Crippen molar-refractivity contribution >= 4 is 0 Å². The van der Waals surface area contributed by atoms with E-state index < -0.39 is 0 Å². The minimum Gasteiger partial charge on any atom is -0.496 e. The second-order valence-corrected chi connectivity index (χ2v) is 7.00. The Kier molecular flexibility index (Phi) is 5.28. The molecule has 0 aromatic heterocycles. The lowest BCUT2D eigenvalue weighted by molar-refractivity contribution is 0.259. The summed E-state index contributed by atoms with van der Waals surface area (Å²) in [6, 6.07) is 6.79. The summed E-state index contributed by atoms with van der Waals surface area (Å²) in [7, 11) is 1.76. The number of hydrogen-bond acceptors (Lipinski definition) is 3. The zero-order chi connectivity index (χ0) is 15.5. The van der Waals surface area contributed by atoms with E-state index in [9.17, 15) is 0 Å². The van der Waals surface area contributed by atoms with Gasteiger partial charge in [-0.05, 0) is 37.9 Å². The molecule has 1 aliphatic rings. The number of ether oxygens (including phenoxy) is 1. The first-order valence-electron chi connectivity index (χ1n) is 8.05. The Balaban J connectivity index is 2.17.